The summed E-state index contributed by atoms with van der Waals surface area (Å²) in [6, 6.07) is 8.27. The highest BCUT2D eigenvalue weighted by Crippen LogP contribution is 2.26. The molecule has 0 fully saturated rings. The van der Waals surface area contributed by atoms with Crippen LogP contribution in [0.3, 0.4) is 0 Å². The zero-order chi connectivity index (χ0) is 15.2. The number of halogens is 1. The molecule has 0 radical (unpaired) electrons. The monoisotopic (exact) mass is 348 g/mol. The third-order valence-corrected chi connectivity index (χ3v) is 4.12. The number of rotatable bonds is 6. The molecule has 1 aromatic carbocycles. The van der Waals surface area contributed by atoms with Gasteiger partial charge < -0.3 is 10.2 Å². The Labute approximate surface area is 134 Å². The van der Waals surface area contributed by atoms with Crippen LogP contribution in [0.2, 0.25) is 0 Å². The van der Waals surface area contributed by atoms with Crippen LogP contribution in [-0.2, 0) is 13.0 Å². The molecule has 0 amide bonds. The molecule has 1 aromatic heterocycles. The highest BCUT2D eigenvalue weighted by molar-refractivity contribution is 9.10. The Morgan fingerprint density at radius 3 is 2.62 bits per heavy atom. The molecule has 4 nitrogen and oxygen atoms in total. The molecule has 5 heteroatoms. The molecule has 0 aliphatic heterocycles. The van der Waals surface area contributed by atoms with Crippen molar-refractivity contribution in [2.75, 3.05) is 23.8 Å². The minimum atomic E-state index is 0.803. The lowest BCUT2D eigenvalue weighted by Crippen LogP contribution is -2.21. The molecule has 0 aliphatic rings. The Kier molecular flexibility index (Phi) is 5.56. The van der Waals surface area contributed by atoms with Crippen molar-refractivity contribution >= 4 is 27.6 Å². The first-order valence-electron chi connectivity index (χ1n) is 7.19. The normalized spacial score (nSPS) is 10.5. The van der Waals surface area contributed by atoms with Gasteiger partial charge in [0.05, 0.1) is 0 Å². The van der Waals surface area contributed by atoms with Gasteiger partial charge in [-0.2, -0.15) is 0 Å². The third-order valence-electron chi connectivity index (χ3n) is 3.35. The maximum atomic E-state index is 4.48. The van der Waals surface area contributed by atoms with Crippen LogP contribution in [0, 0.1) is 0 Å². The topological polar surface area (TPSA) is 41.1 Å². The molecule has 0 atom stereocenters. The smallest absolute Gasteiger partial charge is 0.137 e. The van der Waals surface area contributed by atoms with Crippen molar-refractivity contribution in [3.8, 4) is 0 Å². The van der Waals surface area contributed by atoms with Gasteiger partial charge in [0.25, 0.3) is 0 Å². The maximum Gasteiger partial charge on any atom is 0.137 e. The number of nitrogens with zero attached hydrogens (tertiary/aromatic N) is 3. The minimum absolute atomic E-state index is 0.803. The van der Waals surface area contributed by atoms with Gasteiger partial charge >= 0.3 is 0 Å². The van der Waals surface area contributed by atoms with E-state index in [1.807, 2.05) is 6.07 Å². The number of aromatic nitrogens is 2. The van der Waals surface area contributed by atoms with Gasteiger partial charge in [0.15, 0.2) is 0 Å². The van der Waals surface area contributed by atoms with Gasteiger partial charge in [0, 0.05) is 30.2 Å². The van der Waals surface area contributed by atoms with Gasteiger partial charge in [-0.1, -0.05) is 41.1 Å². The summed E-state index contributed by atoms with van der Waals surface area (Å²) < 4.78 is 1.12. The molecule has 0 spiro atoms. The standard InChI is InChI=1S/C16H21BrN4/c1-4-13-15(18-5-2)19-11-20-16(13)21(3)10-12-8-6-7-9-14(12)17/h6-9,11H,4-5,10H2,1-3H3,(H,18,19,20). The molecule has 2 rings (SSSR count). The minimum Gasteiger partial charge on any atom is -0.370 e. The molecule has 0 saturated carbocycles. The van der Waals surface area contributed by atoms with Crippen molar-refractivity contribution in [1.29, 1.82) is 0 Å². The van der Waals surface area contributed by atoms with E-state index in [4.69, 9.17) is 0 Å². The van der Waals surface area contributed by atoms with Crippen LogP contribution in [0.5, 0.6) is 0 Å². The second kappa shape index (κ2) is 7.41. The van der Waals surface area contributed by atoms with Crippen molar-refractivity contribution in [3.63, 3.8) is 0 Å². The molecule has 0 bridgehead atoms. The van der Waals surface area contributed by atoms with Crippen LogP contribution in [0.15, 0.2) is 35.1 Å². The lowest BCUT2D eigenvalue weighted by molar-refractivity contribution is 0.867. The van der Waals surface area contributed by atoms with Gasteiger partial charge in [-0.3, -0.25) is 0 Å². The number of benzene rings is 1. The van der Waals surface area contributed by atoms with Gasteiger partial charge in [-0.15, -0.1) is 0 Å². The fraction of sp³-hybridized carbons (Fsp3) is 0.375. The average Bonchev–Trinajstić information content (AvgIpc) is 2.49. The van der Waals surface area contributed by atoms with Crippen molar-refractivity contribution in [2.24, 2.45) is 0 Å². The highest BCUT2D eigenvalue weighted by Gasteiger charge is 2.14. The molecular formula is C16H21BrN4. The van der Waals surface area contributed by atoms with E-state index >= 15 is 0 Å². The first-order chi connectivity index (χ1) is 10.2. The Morgan fingerprint density at radius 1 is 1.19 bits per heavy atom. The summed E-state index contributed by atoms with van der Waals surface area (Å²) in [7, 11) is 2.07. The fourth-order valence-corrected chi connectivity index (χ4v) is 2.74. The largest absolute Gasteiger partial charge is 0.370 e. The first kappa shape index (κ1) is 15.8. The highest BCUT2D eigenvalue weighted by atomic mass is 79.9. The molecule has 2 aromatic rings. The van der Waals surface area contributed by atoms with Gasteiger partial charge in [0.1, 0.15) is 18.0 Å². The van der Waals surface area contributed by atoms with Gasteiger partial charge in [-0.05, 0) is 25.0 Å². The number of nitrogens with one attached hydrogen (secondary N) is 1. The summed E-state index contributed by atoms with van der Waals surface area (Å²) in [5.74, 6) is 1.92. The van der Waals surface area contributed by atoms with Crippen molar-refractivity contribution in [1.82, 2.24) is 9.97 Å². The summed E-state index contributed by atoms with van der Waals surface area (Å²) in [6.45, 7) is 5.87. The average molecular weight is 349 g/mol. The molecule has 0 aliphatic carbocycles. The van der Waals surface area contributed by atoms with E-state index in [1.54, 1.807) is 6.33 Å². The predicted octanol–water partition coefficient (Wildman–Crippen LogP) is 3.87. The predicted molar refractivity (Wildman–Crippen MR) is 91.8 cm³/mol. The lowest BCUT2D eigenvalue weighted by atomic mass is 10.1. The van der Waals surface area contributed by atoms with Crippen LogP contribution < -0.4 is 10.2 Å². The molecule has 112 valence electrons. The van der Waals surface area contributed by atoms with Crippen molar-refractivity contribution in [3.05, 3.63) is 46.2 Å². The van der Waals surface area contributed by atoms with E-state index in [0.717, 1.165) is 41.2 Å². The molecule has 0 unspecified atom stereocenters. The number of anilines is 2. The van der Waals surface area contributed by atoms with E-state index in [2.05, 4.69) is 75.2 Å². The Bertz CT molecular complexity index is 601. The van der Waals surface area contributed by atoms with E-state index in [-0.39, 0.29) is 0 Å². The second-order valence-corrected chi connectivity index (χ2v) is 5.71. The van der Waals surface area contributed by atoms with E-state index < -0.39 is 0 Å². The molecule has 21 heavy (non-hydrogen) atoms. The quantitative estimate of drug-likeness (QED) is 0.860. The second-order valence-electron chi connectivity index (χ2n) is 4.86. The molecule has 1 N–H and O–H groups in total. The van der Waals surface area contributed by atoms with Crippen molar-refractivity contribution < 1.29 is 0 Å². The van der Waals surface area contributed by atoms with E-state index in [1.165, 1.54) is 5.56 Å². The maximum absolute atomic E-state index is 4.48. The summed E-state index contributed by atoms with van der Waals surface area (Å²) in [5.41, 5.74) is 2.40. The third kappa shape index (κ3) is 3.73. The fourth-order valence-electron chi connectivity index (χ4n) is 2.33. The van der Waals surface area contributed by atoms with Crippen LogP contribution in [0.4, 0.5) is 11.6 Å². The summed E-state index contributed by atoms with van der Waals surface area (Å²) in [5, 5.41) is 3.31. The lowest BCUT2D eigenvalue weighted by Gasteiger charge is -2.22. The first-order valence-corrected chi connectivity index (χ1v) is 7.98. The Hall–Kier alpha value is -1.62. The van der Waals surface area contributed by atoms with E-state index in [9.17, 15) is 0 Å². The van der Waals surface area contributed by atoms with E-state index in [0.29, 0.717) is 0 Å². The number of hydrogen-bond donors (Lipinski definition) is 1. The Balaban J connectivity index is 2.28. The summed E-state index contributed by atoms with van der Waals surface area (Å²) in [6.07, 6.45) is 2.53. The summed E-state index contributed by atoms with van der Waals surface area (Å²) >= 11 is 3.60. The Morgan fingerprint density at radius 2 is 1.95 bits per heavy atom. The van der Waals surface area contributed by atoms with Crippen molar-refractivity contribution in [2.45, 2.75) is 26.8 Å². The summed E-state index contributed by atoms with van der Waals surface area (Å²) in [4.78, 5) is 11.0. The molecule has 1 heterocycles. The zero-order valence-electron chi connectivity index (χ0n) is 12.7. The molecular weight excluding hydrogens is 328 g/mol. The SMILES string of the molecule is CCNc1ncnc(N(C)Cc2ccccc2Br)c1CC. The van der Waals surface area contributed by atoms with Crippen LogP contribution in [-0.4, -0.2) is 23.6 Å². The number of hydrogen-bond acceptors (Lipinski definition) is 4. The van der Waals surface area contributed by atoms with Crippen LogP contribution in [0.25, 0.3) is 0 Å². The van der Waals surface area contributed by atoms with Crippen LogP contribution >= 0.6 is 15.9 Å². The van der Waals surface area contributed by atoms with Gasteiger partial charge in [0.2, 0.25) is 0 Å². The van der Waals surface area contributed by atoms with Crippen LogP contribution in [0.1, 0.15) is 25.0 Å². The van der Waals surface area contributed by atoms with Gasteiger partial charge in [-0.25, -0.2) is 9.97 Å². The zero-order valence-corrected chi connectivity index (χ0v) is 14.3. The molecule has 0 saturated heterocycles.